The number of anilines is 3. The van der Waals surface area contributed by atoms with E-state index >= 15 is 0 Å². The van der Waals surface area contributed by atoms with Crippen molar-refractivity contribution >= 4 is 28.4 Å². The van der Waals surface area contributed by atoms with Gasteiger partial charge in [-0.1, -0.05) is 6.07 Å². The fraction of sp³-hybridized carbons (Fsp3) is 0.292. The molecule has 3 N–H and O–H groups in total. The summed E-state index contributed by atoms with van der Waals surface area (Å²) in [5, 5.41) is 11.6. The van der Waals surface area contributed by atoms with Gasteiger partial charge in [-0.25, -0.2) is 9.97 Å². The molecule has 8 nitrogen and oxygen atoms in total. The van der Waals surface area contributed by atoms with Gasteiger partial charge in [0.1, 0.15) is 17.3 Å². The first-order valence-corrected chi connectivity index (χ1v) is 11.1. The second-order valence-electron chi connectivity index (χ2n) is 8.35. The minimum absolute atomic E-state index is 0.804. The maximum absolute atomic E-state index is 4.90. The minimum atomic E-state index is 0.804. The highest BCUT2D eigenvalue weighted by Crippen LogP contribution is 2.36. The number of fused-ring (bicyclic) bond motifs is 2. The summed E-state index contributed by atoms with van der Waals surface area (Å²) in [7, 11) is 2.02. The van der Waals surface area contributed by atoms with E-state index in [-0.39, 0.29) is 0 Å². The van der Waals surface area contributed by atoms with E-state index in [0.29, 0.717) is 0 Å². The van der Waals surface area contributed by atoms with Crippen LogP contribution in [0.4, 0.5) is 17.3 Å². The molecule has 0 aliphatic carbocycles. The second-order valence-corrected chi connectivity index (χ2v) is 8.35. The Morgan fingerprint density at radius 1 is 0.969 bits per heavy atom. The zero-order chi connectivity index (χ0) is 21.5. The van der Waals surface area contributed by atoms with Gasteiger partial charge in [-0.15, -0.1) is 0 Å². The number of hydrogen-bond donors (Lipinski definition) is 3. The quantitative estimate of drug-likeness (QED) is 0.463. The zero-order valence-electron chi connectivity index (χ0n) is 18.1. The number of aryl methyl sites for hydroxylation is 1. The average Bonchev–Trinajstić information content (AvgIpc) is 3.48. The number of aromatic nitrogens is 4. The Balaban J connectivity index is 1.35. The van der Waals surface area contributed by atoms with Crippen LogP contribution in [0.3, 0.4) is 0 Å². The molecule has 0 atom stereocenters. The van der Waals surface area contributed by atoms with Crippen LogP contribution in [-0.4, -0.2) is 45.7 Å². The van der Waals surface area contributed by atoms with Gasteiger partial charge in [0.05, 0.1) is 17.6 Å². The lowest BCUT2D eigenvalue weighted by Gasteiger charge is -2.28. The normalized spacial score (nSPS) is 15.8. The molecule has 4 aromatic rings. The molecule has 0 amide bonds. The Labute approximate surface area is 186 Å². The fourth-order valence-electron chi connectivity index (χ4n) is 4.71. The molecule has 4 aromatic heterocycles. The van der Waals surface area contributed by atoms with E-state index in [9.17, 15) is 0 Å². The largest absolute Gasteiger partial charge is 0.354 e. The number of pyridine rings is 3. The number of piperazine rings is 1. The third kappa shape index (κ3) is 3.28. The molecule has 32 heavy (non-hydrogen) atoms. The molecule has 6 rings (SSSR count). The maximum Gasteiger partial charge on any atom is 0.140 e. The monoisotopic (exact) mass is 426 g/mol. The summed E-state index contributed by atoms with van der Waals surface area (Å²) in [6.45, 7) is 5.56. The molecule has 0 saturated carbocycles. The van der Waals surface area contributed by atoms with Crippen molar-refractivity contribution in [1.82, 2.24) is 30.2 Å². The Morgan fingerprint density at radius 2 is 1.84 bits per heavy atom. The van der Waals surface area contributed by atoms with E-state index in [1.54, 1.807) is 0 Å². The molecule has 0 bridgehead atoms. The Hall–Kier alpha value is -3.49. The summed E-state index contributed by atoms with van der Waals surface area (Å²) < 4.78 is 2.05. The summed E-state index contributed by atoms with van der Waals surface area (Å²) >= 11 is 0. The van der Waals surface area contributed by atoms with Gasteiger partial charge in [0, 0.05) is 69.7 Å². The molecular formula is C24H26N8. The molecular weight excluding hydrogens is 400 g/mol. The first-order valence-electron chi connectivity index (χ1n) is 11.1. The summed E-state index contributed by atoms with van der Waals surface area (Å²) in [5.41, 5.74) is 6.63. The van der Waals surface area contributed by atoms with Crippen LogP contribution in [0.1, 0.15) is 11.1 Å². The van der Waals surface area contributed by atoms with Gasteiger partial charge < -0.3 is 25.4 Å². The van der Waals surface area contributed by atoms with Crippen molar-refractivity contribution in [3.63, 3.8) is 0 Å². The first kappa shape index (κ1) is 19.2. The first-order chi connectivity index (χ1) is 15.8. The molecule has 2 aliphatic rings. The molecule has 0 aromatic carbocycles. The maximum atomic E-state index is 4.90. The van der Waals surface area contributed by atoms with E-state index < -0.39 is 0 Å². The Kier molecular flexibility index (Phi) is 4.74. The lowest BCUT2D eigenvalue weighted by atomic mass is 10.0. The number of nitrogens with one attached hydrogen (secondary N) is 3. The van der Waals surface area contributed by atoms with Crippen molar-refractivity contribution in [2.75, 3.05) is 36.4 Å². The molecule has 2 aliphatic heterocycles. The highest BCUT2D eigenvalue weighted by atomic mass is 15.2. The lowest BCUT2D eigenvalue weighted by molar-refractivity contribution is 0.585. The van der Waals surface area contributed by atoms with Crippen molar-refractivity contribution in [3.8, 4) is 11.3 Å². The summed E-state index contributed by atoms with van der Waals surface area (Å²) in [5.74, 6) is 1.86. The van der Waals surface area contributed by atoms with E-state index in [4.69, 9.17) is 9.97 Å². The van der Waals surface area contributed by atoms with Crippen LogP contribution in [0.15, 0.2) is 48.9 Å². The van der Waals surface area contributed by atoms with Crippen LogP contribution in [0.2, 0.25) is 0 Å². The van der Waals surface area contributed by atoms with Gasteiger partial charge in [-0.3, -0.25) is 4.98 Å². The topological polar surface area (TPSA) is 82.9 Å². The molecule has 0 radical (unpaired) electrons. The highest BCUT2D eigenvalue weighted by molar-refractivity contribution is 5.93. The van der Waals surface area contributed by atoms with E-state index in [1.165, 1.54) is 11.1 Å². The van der Waals surface area contributed by atoms with Crippen LogP contribution in [0.5, 0.6) is 0 Å². The van der Waals surface area contributed by atoms with Crippen molar-refractivity contribution in [2.45, 2.75) is 13.1 Å². The van der Waals surface area contributed by atoms with Crippen LogP contribution in [0, 0.1) is 0 Å². The Morgan fingerprint density at radius 3 is 2.75 bits per heavy atom. The van der Waals surface area contributed by atoms with Crippen LogP contribution >= 0.6 is 0 Å². The third-order valence-electron chi connectivity index (χ3n) is 6.36. The van der Waals surface area contributed by atoms with Gasteiger partial charge in [-0.05, 0) is 35.4 Å². The number of rotatable bonds is 4. The lowest BCUT2D eigenvalue weighted by Crippen LogP contribution is -2.43. The Bertz CT molecular complexity index is 1290. The minimum Gasteiger partial charge on any atom is -0.354 e. The highest BCUT2D eigenvalue weighted by Gasteiger charge is 2.22. The van der Waals surface area contributed by atoms with Crippen molar-refractivity contribution in [3.05, 3.63) is 60.0 Å². The van der Waals surface area contributed by atoms with Crippen molar-refractivity contribution < 1.29 is 0 Å². The standard InChI is InChI=1S/C24H26N8/c1-31-10-6-17-16(5-7-27-24(17)31)23-19-14-26-13-18(19)20(15-28-23)29-21-3-2-4-22(30-21)32-11-8-25-9-12-32/h2-7,10,15,25-26H,8-9,11-14H2,1H3,(H,29,30). The molecule has 162 valence electrons. The predicted molar refractivity (Wildman–Crippen MR) is 127 cm³/mol. The summed E-state index contributed by atoms with van der Waals surface area (Å²) in [4.78, 5) is 16.6. The second kappa shape index (κ2) is 7.89. The fourth-order valence-corrected chi connectivity index (χ4v) is 4.71. The predicted octanol–water partition coefficient (Wildman–Crippen LogP) is 2.79. The summed E-state index contributed by atoms with van der Waals surface area (Å²) in [6.07, 6.45) is 5.86. The van der Waals surface area contributed by atoms with Crippen LogP contribution in [0.25, 0.3) is 22.3 Å². The van der Waals surface area contributed by atoms with Gasteiger partial charge in [0.15, 0.2) is 0 Å². The molecule has 1 fully saturated rings. The van der Waals surface area contributed by atoms with Crippen molar-refractivity contribution in [1.29, 1.82) is 0 Å². The zero-order valence-corrected chi connectivity index (χ0v) is 18.1. The number of hydrogen-bond acceptors (Lipinski definition) is 7. The van der Waals surface area contributed by atoms with E-state index in [1.807, 2.05) is 36.3 Å². The molecule has 1 saturated heterocycles. The van der Waals surface area contributed by atoms with Gasteiger partial charge in [0.2, 0.25) is 0 Å². The molecule has 0 spiro atoms. The van der Waals surface area contributed by atoms with E-state index in [0.717, 1.165) is 78.9 Å². The number of nitrogens with zero attached hydrogens (tertiary/aromatic N) is 5. The van der Waals surface area contributed by atoms with Gasteiger partial charge in [0.25, 0.3) is 0 Å². The van der Waals surface area contributed by atoms with Crippen molar-refractivity contribution in [2.24, 2.45) is 7.05 Å². The summed E-state index contributed by atoms with van der Waals surface area (Å²) in [6, 6.07) is 10.3. The molecule has 6 heterocycles. The van der Waals surface area contributed by atoms with E-state index in [2.05, 4.69) is 50.1 Å². The van der Waals surface area contributed by atoms with Crippen LogP contribution < -0.4 is 20.9 Å². The SMILES string of the molecule is Cn1ccc2c(-c3ncc(Nc4cccc(N5CCNCC5)n4)c4c3CNC4)ccnc21. The third-order valence-corrected chi connectivity index (χ3v) is 6.36. The smallest absolute Gasteiger partial charge is 0.140 e. The average molecular weight is 427 g/mol. The molecule has 8 heteroatoms. The molecule has 0 unspecified atom stereocenters. The van der Waals surface area contributed by atoms with Gasteiger partial charge >= 0.3 is 0 Å². The van der Waals surface area contributed by atoms with Crippen LogP contribution in [-0.2, 0) is 20.1 Å². The van der Waals surface area contributed by atoms with Gasteiger partial charge in [-0.2, -0.15) is 0 Å².